The first kappa shape index (κ1) is 23.3. The van der Waals surface area contributed by atoms with Gasteiger partial charge in [-0.05, 0) is 62.8 Å². The number of thioether (sulfide) groups is 1. The van der Waals surface area contributed by atoms with Gasteiger partial charge in [-0.15, -0.1) is 11.8 Å². The zero-order valence-corrected chi connectivity index (χ0v) is 18.9. The minimum absolute atomic E-state index is 0.00182. The van der Waals surface area contributed by atoms with Crippen LogP contribution in [-0.2, 0) is 16.1 Å². The topological polar surface area (TPSA) is 49.4 Å². The Balaban J connectivity index is 1.97. The van der Waals surface area contributed by atoms with E-state index in [4.69, 9.17) is 11.6 Å². The maximum Gasteiger partial charge on any atom is 0.242 e. The van der Waals surface area contributed by atoms with Gasteiger partial charge in [-0.25, -0.2) is 0 Å². The normalized spacial score (nSPS) is 11.7. The van der Waals surface area contributed by atoms with Crippen molar-refractivity contribution in [3.63, 3.8) is 0 Å². The molecular weight excluding hydrogens is 404 g/mol. The molecule has 2 aromatic rings. The Morgan fingerprint density at radius 1 is 1.17 bits per heavy atom. The summed E-state index contributed by atoms with van der Waals surface area (Å²) in [4.78, 5) is 28.1. The van der Waals surface area contributed by atoms with E-state index >= 15 is 0 Å². The highest BCUT2D eigenvalue weighted by molar-refractivity contribution is 7.99. The first-order valence-corrected chi connectivity index (χ1v) is 11.3. The number of nitrogens with one attached hydrogen (secondary N) is 1. The fourth-order valence-corrected chi connectivity index (χ4v) is 3.98. The second kappa shape index (κ2) is 11.9. The van der Waals surface area contributed by atoms with Crippen molar-refractivity contribution in [3.8, 4) is 0 Å². The SMILES string of the molecule is CCNC(=O)[C@@H](C)N(Cc1cccc(C)c1)C(=O)CCCSc1ccc(Cl)cc1. The summed E-state index contributed by atoms with van der Waals surface area (Å²) in [6.07, 6.45) is 1.16. The number of likely N-dealkylation sites (N-methyl/N-ethyl adjacent to an activating group) is 1. The van der Waals surface area contributed by atoms with Crippen LogP contribution in [0.3, 0.4) is 0 Å². The molecule has 0 saturated carbocycles. The molecule has 156 valence electrons. The molecular formula is C23H29ClN2O2S. The van der Waals surface area contributed by atoms with Crippen LogP contribution in [0.2, 0.25) is 5.02 Å². The van der Waals surface area contributed by atoms with E-state index in [1.165, 1.54) is 0 Å². The lowest BCUT2D eigenvalue weighted by Gasteiger charge is -2.29. The van der Waals surface area contributed by atoms with Crippen molar-refractivity contribution >= 4 is 35.2 Å². The van der Waals surface area contributed by atoms with Crippen LogP contribution in [0.15, 0.2) is 53.4 Å². The average Bonchev–Trinajstić information content (AvgIpc) is 2.70. The van der Waals surface area contributed by atoms with Crippen LogP contribution < -0.4 is 5.32 Å². The molecule has 0 aromatic heterocycles. The maximum absolute atomic E-state index is 13.0. The van der Waals surface area contributed by atoms with E-state index in [1.807, 2.05) is 56.3 Å². The second-order valence-electron chi connectivity index (χ2n) is 6.99. The fraction of sp³-hybridized carbons (Fsp3) is 0.391. The molecule has 0 aliphatic carbocycles. The van der Waals surface area contributed by atoms with E-state index in [-0.39, 0.29) is 11.8 Å². The molecule has 0 heterocycles. The van der Waals surface area contributed by atoms with Crippen LogP contribution in [0.5, 0.6) is 0 Å². The van der Waals surface area contributed by atoms with Crippen molar-refractivity contribution < 1.29 is 9.59 Å². The highest BCUT2D eigenvalue weighted by atomic mass is 35.5. The molecule has 0 radical (unpaired) electrons. The molecule has 6 heteroatoms. The summed E-state index contributed by atoms with van der Waals surface area (Å²) in [7, 11) is 0. The summed E-state index contributed by atoms with van der Waals surface area (Å²) in [6.45, 7) is 6.68. The van der Waals surface area contributed by atoms with Gasteiger partial charge in [0.15, 0.2) is 0 Å². The molecule has 0 saturated heterocycles. The van der Waals surface area contributed by atoms with Crippen molar-refractivity contribution in [2.75, 3.05) is 12.3 Å². The number of nitrogens with zero attached hydrogens (tertiary/aromatic N) is 1. The van der Waals surface area contributed by atoms with Gasteiger partial charge in [0.05, 0.1) is 0 Å². The number of carbonyl (C=O) groups is 2. The Kier molecular flexibility index (Phi) is 9.55. The third-order valence-corrected chi connectivity index (χ3v) is 5.92. The predicted molar refractivity (Wildman–Crippen MR) is 121 cm³/mol. The lowest BCUT2D eigenvalue weighted by molar-refractivity contribution is -0.140. The summed E-state index contributed by atoms with van der Waals surface area (Å²) in [6, 6.07) is 15.2. The van der Waals surface area contributed by atoms with Crippen LogP contribution >= 0.6 is 23.4 Å². The Hall–Kier alpha value is -1.98. The molecule has 2 aromatic carbocycles. The quantitative estimate of drug-likeness (QED) is 0.421. The van der Waals surface area contributed by atoms with Gasteiger partial charge in [-0.1, -0.05) is 41.4 Å². The van der Waals surface area contributed by atoms with Crippen molar-refractivity contribution in [2.45, 2.75) is 51.1 Å². The largest absolute Gasteiger partial charge is 0.355 e. The number of carbonyl (C=O) groups excluding carboxylic acids is 2. The lowest BCUT2D eigenvalue weighted by atomic mass is 10.1. The molecule has 0 bridgehead atoms. The van der Waals surface area contributed by atoms with E-state index in [0.29, 0.717) is 19.5 Å². The van der Waals surface area contributed by atoms with Crippen molar-refractivity contribution in [1.82, 2.24) is 10.2 Å². The fourth-order valence-electron chi connectivity index (χ4n) is 3.00. The zero-order valence-electron chi connectivity index (χ0n) is 17.3. The number of amides is 2. The van der Waals surface area contributed by atoms with E-state index in [0.717, 1.165) is 33.2 Å². The van der Waals surface area contributed by atoms with Gasteiger partial charge < -0.3 is 10.2 Å². The number of hydrogen-bond donors (Lipinski definition) is 1. The first-order chi connectivity index (χ1) is 13.9. The zero-order chi connectivity index (χ0) is 21.2. The van der Waals surface area contributed by atoms with Gasteiger partial charge in [-0.2, -0.15) is 0 Å². The minimum atomic E-state index is -0.508. The molecule has 4 nitrogen and oxygen atoms in total. The van der Waals surface area contributed by atoms with Crippen molar-refractivity contribution in [1.29, 1.82) is 0 Å². The summed E-state index contributed by atoms with van der Waals surface area (Å²) in [5.74, 6) is 0.715. The van der Waals surface area contributed by atoms with Gasteiger partial charge in [0.1, 0.15) is 6.04 Å². The van der Waals surface area contributed by atoms with E-state index in [1.54, 1.807) is 23.6 Å². The molecule has 0 aliphatic rings. The average molecular weight is 433 g/mol. The van der Waals surface area contributed by atoms with Gasteiger partial charge in [0.25, 0.3) is 0 Å². The Morgan fingerprint density at radius 3 is 2.55 bits per heavy atom. The van der Waals surface area contributed by atoms with E-state index in [9.17, 15) is 9.59 Å². The summed E-state index contributed by atoms with van der Waals surface area (Å²) in [5.41, 5.74) is 2.17. The predicted octanol–water partition coefficient (Wildman–Crippen LogP) is 5.07. The number of halogens is 1. The molecule has 2 amide bonds. The molecule has 0 unspecified atom stereocenters. The third kappa shape index (κ3) is 7.75. The Morgan fingerprint density at radius 2 is 1.90 bits per heavy atom. The molecule has 0 spiro atoms. The summed E-state index contributed by atoms with van der Waals surface area (Å²) < 4.78 is 0. The highest BCUT2D eigenvalue weighted by Crippen LogP contribution is 2.22. The first-order valence-electron chi connectivity index (χ1n) is 9.91. The van der Waals surface area contributed by atoms with Crippen LogP contribution in [0.1, 0.15) is 37.8 Å². The molecule has 29 heavy (non-hydrogen) atoms. The molecule has 0 aliphatic heterocycles. The van der Waals surface area contributed by atoms with E-state index < -0.39 is 6.04 Å². The van der Waals surface area contributed by atoms with Crippen molar-refractivity contribution in [2.24, 2.45) is 0 Å². The maximum atomic E-state index is 13.0. The van der Waals surface area contributed by atoms with Gasteiger partial charge in [-0.3, -0.25) is 9.59 Å². The molecule has 1 N–H and O–H groups in total. The minimum Gasteiger partial charge on any atom is -0.355 e. The molecule has 0 fully saturated rings. The van der Waals surface area contributed by atoms with Gasteiger partial charge in [0.2, 0.25) is 11.8 Å². The number of benzene rings is 2. The van der Waals surface area contributed by atoms with Crippen LogP contribution in [-0.4, -0.2) is 35.1 Å². The Bertz CT molecular complexity index is 811. The van der Waals surface area contributed by atoms with Gasteiger partial charge >= 0.3 is 0 Å². The highest BCUT2D eigenvalue weighted by Gasteiger charge is 2.25. The molecule has 2 rings (SSSR count). The standard InChI is InChI=1S/C23H29ClN2O2S/c1-4-25-23(28)18(3)26(16-19-8-5-7-17(2)15-19)22(27)9-6-14-29-21-12-10-20(24)11-13-21/h5,7-8,10-13,15,18H,4,6,9,14,16H2,1-3H3,(H,25,28)/t18-/m1/s1. The van der Waals surface area contributed by atoms with Crippen LogP contribution in [0.4, 0.5) is 0 Å². The second-order valence-corrected chi connectivity index (χ2v) is 8.59. The number of aryl methyl sites for hydroxylation is 1. The summed E-state index contributed by atoms with van der Waals surface area (Å²) >= 11 is 7.61. The number of rotatable bonds is 10. The smallest absolute Gasteiger partial charge is 0.242 e. The Labute approximate surface area is 183 Å². The monoisotopic (exact) mass is 432 g/mol. The lowest BCUT2D eigenvalue weighted by Crippen LogP contribution is -2.47. The third-order valence-electron chi connectivity index (χ3n) is 4.57. The number of hydrogen-bond acceptors (Lipinski definition) is 3. The summed E-state index contributed by atoms with van der Waals surface area (Å²) in [5, 5.41) is 3.54. The van der Waals surface area contributed by atoms with Crippen molar-refractivity contribution in [3.05, 3.63) is 64.7 Å². The van der Waals surface area contributed by atoms with Gasteiger partial charge in [0, 0.05) is 29.4 Å². The van der Waals surface area contributed by atoms with Crippen LogP contribution in [0, 0.1) is 6.92 Å². The van der Waals surface area contributed by atoms with Crippen LogP contribution in [0.25, 0.3) is 0 Å². The van der Waals surface area contributed by atoms with E-state index in [2.05, 4.69) is 11.4 Å². The molecule has 1 atom stereocenters.